The van der Waals surface area contributed by atoms with E-state index in [1.54, 1.807) is 0 Å². The highest BCUT2D eigenvalue weighted by Gasteiger charge is 1.84. The first-order chi connectivity index (χ1) is 4.41. The van der Waals surface area contributed by atoms with Gasteiger partial charge in [0.2, 0.25) is 0 Å². The summed E-state index contributed by atoms with van der Waals surface area (Å²) in [6.07, 6.45) is 0.997. The predicted octanol–water partition coefficient (Wildman–Crippen LogP) is -0.366. The van der Waals surface area contributed by atoms with Gasteiger partial charge in [-0.1, -0.05) is 6.92 Å². The third-order valence-corrected chi connectivity index (χ3v) is 0.322. The molecular formula is C3H11NO5S. The molecule has 10 heavy (non-hydrogen) atoms. The second kappa shape index (κ2) is 6.90. The fraction of sp³-hybridized carbons (Fsp3) is 1.00. The lowest BCUT2D eigenvalue weighted by molar-refractivity contribution is 0.138. The first-order valence-corrected chi connectivity index (χ1v) is 3.83. The molecule has 0 amide bonds. The van der Waals surface area contributed by atoms with Crippen molar-refractivity contribution < 1.29 is 22.4 Å². The smallest absolute Gasteiger partial charge is 0.305 e. The highest BCUT2D eigenvalue weighted by molar-refractivity contribution is 7.79. The average Bonchev–Trinajstić information content (AvgIpc) is 1.63. The van der Waals surface area contributed by atoms with Gasteiger partial charge in [-0.2, -0.15) is 8.42 Å². The van der Waals surface area contributed by atoms with E-state index in [0.717, 1.165) is 6.42 Å². The maximum atomic E-state index is 8.74. The summed E-state index contributed by atoms with van der Waals surface area (Å²) in [4.78, 5) is 4.19. The van der Waals surface area contributed by atoms with Gasteiger partial charge in [-0.3, -0.25) is 9.11 Å². The Hall–Kier alpha value is -0.210. The number of rotatable bonds is 2. The Kier molecular flexibility index (Phi) is 8.61. The van der Waals surface area contributed by atoms with E-state index >= 15 is 0 Å². The summed E-state index contributed by atoms with van der Waals surface area (Å²) in [5, 5.41) is 0. The van der Waals surface area contributed by atoms with E-state index in [0.29, 0.717) is 6.61 Å². The van der Waals surface area contributed by atoms with E-state index in [1.165, 1.54) is 0 Å². The fourth-order valence-corrected chi connectivity index (χ4v) is 0.118. The molecule has 7 heteroatoms. The molecule has 4 N–H and O–H groups in total. The molecule has 0 fully saturated rings. The minimum absolute atomic E-state index is 0.667. The lowest BCUT2D eigenvalue weighted by Gasteiger charge is -1.83. The molecule has 0 radical (unpaired) electrons. The van der Waals surface area contributed by atoms with Crippen molar-refractivity contribution >= 4 is 10.4 Å². The zero-order chi connectivity index (χ0) is 8.62. The normalized spacial score (nSPS) is 10.0. The van der Waals surface area contributed by atoms with E-state index in [1.807, 2.05) is 6.92 Å². The molecule has 0 spiro atoms. The second-order valence-electron chi connectivity index (χ2n) is 1.32. The lowest BCUT2D eigenvalue weighted by atomic mass is 10.5. The molecule has 64 valence electrons. The largest absolute Gasteiger partial charge is 0.394 e. The zero-order valence-corrected chi connectivity index (χ0v) is 6.34. The maximum Gasteiger partial charge on any atom is 0.394 e. The van der Waals surface area contributed by atoms with Gasteiger partial charge in [0.25, 0.3) is 0 Å². The molecule has 0 aromatic rings. The van der Waals surface area contributed by atoms with Crippen LogP contribution in [0.2, 0.25) is 0 Å². The van der Waals surface area contributed by atoms with Crippen molar-refractivity contribution in [2.45, 2.75) is 13.3 Å². The minimum Gasteiger partial charge on any atom is -0.305 e. The van der Waals surface area contributed by atoms with Crippen molar-refractivity contribution in [3.63, 3.8) is 0 Å². The van der Waals surface area contributed by atoms with Gasteiger partial charge in [0.1, 0.15) is 0 Å². The molecule has 0 aliphatic carbocycles. The van der Waals surface area contributed by atoms with E-state index in [2.05, 4.69) is 10.7 Å². The monoisotopic (exact) mass is 173 g/mol. The van der Waals surface area contributed by atoms with Gasteiger partial charge < -0.3 is 4.84 Å². The maximum absolute atomic E-state index is 8.74. The van der Waals surface area contributed by atoms with E-state index in [-0.39, 0.29) is 0 Å². The Bertz CT molecular complexity index is 131. The molecule has 6 nitrogen and oxygen atoms in total. The van der Waals surface area contributed by atoms with Crippen LogP contribution in [0.5, 0.6) is 0 Å². The van der Waals surface area contributed by atoms with Crippen LogP contribution in [0.25, 0.3) is 0 Å². The highest BCUT2D eigenvalue weighted by atomic mass is 32.3. The SMILES string of the molecule is CCCON.O=S(=O)(O)O. The third kappa shape index (κ3) is 112. The predicted molar refractivity (Wildman–Crippen MR) is 34.6 cm³/mol. The summed E-state index contributed by atoms with van der Waals surface area (Å²) in [5.74, 6) is 4.64. The molecular weight excluding hydrogens is 162 g/mol. The molecule has 0 aromatic carbocycles. The molecule has 0 aromatic heterocycles. The topological polar surface area (TPSA) is 110 Å². The van der Waals surface area contributed by atoms with E-state index < -0.39 is 10.4 Å². The van der Waals surface area contributed by atoms with Crippen LogP contribution in [0.15, 0.2) is 0 Å². The van der Waals surface area contributed by atoms with Crippen LogP contribution in [-0.2, 0) is 15.2 Å². The summed E-state index contributed by atoms with van der Waals surface area (Å²) in [6.45, 7) is 2.67. The zero-order valence-electron chi connectivity index (χ0n) is 5.52. The van der Waals surface area contributed by atoms with Crippen molar-refractivity contribution in [1.29, 1.82) is 0 Å². The standard InChI is InChI=1S/C3H9NO.H2O4S/c1-2-3-5-4;1-5(2,3)4/h2-4H2,1H3;(H2,1,2,3,4). The van der Waals surface area contributed by atoms with Crippen LogP contribution in [0.1, 0.15) is 13.3 Å². The van der Waals surface area contributed by atoms with Gasteiger partial charge in [-0.25, -0.2) is 5.90 Å². The molecule has 0 aliphatic rings. The first kappa shape index (κ1) is 12.5. The summed E-state index contributed by atoms with van der Waals surface area (Å²) in [5.41, 5.74) is 0. The Labute approximate surface area is 59.5 Å². The Morgan fingerprint density at radius 3 is 1.80 bits per heavy atom. The van der Waals surface area contributed by atoms with Crippen LogP contribution < -0.4 is 5.90 Å². The molecule has 0 bridgehead atoms. The van der Waals surface area contributed by atoms with Gasteiger partial charge in [0.15, 0.2) is 0 Å². The molecule has 0 atom stereocenters. The van der Waals surface area contributed by atoms with Crippen molar-refractivity contribution in [2.75, 3.05) is 6.61 Å². The van der Waals surface area contributed by atoms with E-state index in [9.17, 15) is 0 Å². The van der Waals surface area contributed by atoms with Crippen LogP contribution in [-0.4, -0.2) is 24.1 Å². The van der Waals surface area contributed by atoms with Crippen molar-refractivity contribution in [3.05, 3.63) is 0 Å². The Morgan fingerprint density at radius 2 is 1.80 bits per heavy atom. The molecule has 0 rings (SSSR count). The fourth-order valence-electron chi connectivity index (χ4n) is 0.118. The number of hydrogen-bond donors (Lipinski definition) is 3. The van der Waals surface area contributed by atoms with E-state index in [4.69, 9.17) is 17.5 Å². The van der Waals surface area contributed by atoms with Gasteiger partial charge in [0, 0.05) is 0 Å². The van der Waals surface area contributed by atoms with Gasteiger partial charge in [-0.15, -0.1) is 0 Å². The average molecular weight is 173 g/mol. The number of nitrogens with two attached hydrogens (primary N) is 1. The minimum atomic E-state index is -4.67. The van der Waals surface area contributed by atoms with Crippen LogP contribution in [0.3, 0.4) is 0 Å². The van der Waals surface area contributed by atoms with Crippen molar-refractivity contribution in [3.8, 4) is 0 Å². The molecule has 0 heterocycles. The van der Waals surface area contributed by atoms with Crippen molar-refractivity contribution in [1.82, 2.24) is 0 Å². The molecule has 0 saturated carbocycles. The van der Waals surface area contributed by atoms with Gasteiger partial charge >= 0.3 is 10.4 Å². The van der Waals surface area contributed by atoms with Gasteiger partial charge in [-0.05, 0) is 6.42 Å². The first-order valence-electron chi connectivity index (χ1n) is 2.43. The molecule has 0 unspecified atom stereocenters. The molecule has 0 aliphatic heterocycles. The van der Waals surface area contributed by atoms with Crippen molar-refractivity contribution in [2.24, 2.45) is 5.90 Å². The summed E-state index contributed by atoms with van der Waals surface area (Å²) in [7, 11) is -4.67. The summed E-state index contributed by atoms with van der Waals surface area (Å²) < 4.78 is 31.6. The second-order valence-corrected chi connectivity index (χ2v) is 2.21. The third-order valence-electron chi connectivity index (χ3n) is 0.322. The Morgan fingerprint density at radius 1 is 1.50 bits per heavy atom. The number of hydrogen-bond acceptors (Lipinski definition) is 4. The lowest BCUT2D eigenvalue weighted by Crippen LogP contribution is -1.97. The highest BCUT2D eigenvalue weighted by Crippen LogP contribution is 1.67. The quantitative estimate of drug-likeness (QED) is 0.388. The Balaban J connectivity index is 0. The van der Waals surface area contributed by atoms with Crippen LogP contribution >= 0.6 is 0 Å². The summed E-state index contributed by atoms with van der Waals surface area (Å²) >= 11 is 0. The summed E-state index contributed by atoms with van der Waals surface area (Å²) in [6, 6.07) is 0. The van der Waals surface area contributed by atoms with Crippen LogP contribution in [0, 0.1) is 0 Å². The van der Waals surface area contributed by atoms with Crippen LogP contribution in [0.4, 0.5) is 0 Å². The molecule has 0 saturated heterocycles. The van der Waals surface area contributed by atoms with Gasteiger partial charge in [0.05, 0.1) is 6.61 Å².